The predicted octanol–water partition coefficient (Wildman–Crippen LogP) is 5.81. The number of esters is 2. The van der Waals surface area contributed by atoms with E-state index in [9.17, 15) is 14.0 Å². The van der Waals surface area contributed by atoms with Crippen molar-refractivity contribution in [3.63, 3.8) is 0 Å². The van der Waals surface area contributed by atoms with Gasteiger partial charge in [0, 0.05) is 47.7 Å². The number of benzene rings is 1. The van der Waals surface area contributed by atoms with Gasteiger partial charge in [-0.2, -0.15) is 4.39 Å². The minimum atomic E-state index is -0.757. The van der Waals surface area contributed by atoms with Gasteiger partial charge in [-0.15, -0.1) is 11.3 Å². The van der Waals surface area contributed by atoms with Gasteiger partial charge in [-0.3, -0.25) is 9.59 Å². The molecule has 0 saturated carbocycles. The van der Waals surface area contributed by atoms with Crippen LogP contribution in [0.25, 0.3) is 10.4 Å². The molecular formula is C28H30FNO5S. The zero-order valence-corrected chi connectivity index (χ0v) is 21.8. The molecule has 0 spiro atoms. The third kappa shape index (κ3) is 5.82. The molecule has 1 aliphatic rings. The number of carbonyl (C=O) groups excluding carboxylic acids is 2. The fraction of sp³-hybridized carbons (Fsp3) is 0.393. The molecule has 3 heterocycles. The topological polar surface area (TPSA) is 74.7 Å². The van der Waals surface area contributed by atoms with Gasteiger partial charge >= 0.3 is 11.9 Å². The first-order chi connectivity index (χ1) is 17.1. The molecule has 1 aliphatic heterocycles. The van der Waals surface area contributed by atoms with Gasteiger partial charge in [0.2, 0.25) is 5.95 Å². The second-order valence-corrected chi connectivity index (χ2v) is 10.4. The lowest BCUT2D eigenvalue weighted by atomic mass is 9.85. The maximum Gasteiger partial charge on any atom is 0.303 e. The molecule has 3 aromatic rings. The van der Waals surface area contributed by atoms with Crippen molar-refractivity contribution in [1.82, 2.24) is 4.98 Å². The van der Waals surface area contributed by atoms with Crippen LogP contribution in [-0.2, 0) is 30.2 Å². The second kappa shape index (κ2) is 10.9. The maximum absolute atomic E-state index is 13.2. The molecule has 1 aromatic carbocycles. The molecular weight excluding hydrogens is 481 g/mol. The van der Waals surface area contributed by atoms with E-state index in [0.29, 0.717) is 6.42 Å². The van der Waals surface area contributed by atoms with Crippen molar-refractivity contribution in [3.8, 4) is 10.4 Å². The summed E-state index contributed by atoms with van der Waals surface area (Å²) < 4.78 is 30.8. The molecule has 5 atom stereocenters. The number of nitrogens with zero attached hydrogens (tertiary/aromatic N) is 1. The van der Waals surface area contributed by atoms with E-state index < -0.39 is 36.2 Å². The van der Waals surface area contributed by atoms with E-state index in [2.05, 4.69) is 24.0 Å². The average molecular weight is 512 g/mol. The van der Waals surface area contributed by atoms with Crippen LogP contribution in [0.4, 0.5) is 4.39 Å². The van der Waals surface area contributed by atoms with E-state index in [0.717, 1.165) is 32.0 Å². The Hall–Kier alpha value is -3.10. The van der Waals surface area contributed by atoms with Crippen molar-refractivity contribution >= 4 is 23.3 Å². The highest BCUT2D eigenvalue weighted by Crippen LogP contribution is 2.39. The lowest BCUT2D eigenvalue weighted by molar-refractivity contribution is -0.222. The zero-order valence-electron chi connectivity index (χ0n) is 21.0. The van der Waals surface area contributed by atoms with E-state index in [1.807, 2.05) is 32.0 Å². The second-order valence-electron chi connectivity index (χ2n) is 9.27. The monoisotopic (exact) mass is 511 g/mol. The molecule has 1 fully saturated rings. The molecule has 2 aromatic heterocycles. The van der Waals surface area contributed by atoms with Crippen LogP contribution in [0, 0.1) is 18.8 Å². The number of aromatic nitrogens is 1. The smallest absolute Gasteiger partial charge is 0.303 e. The van der Waals surface area contributed by atoms with Crippen LogP contribution >= 0.6 is 11.3 Å². The van der Waals surface area contributed by atoms with Crippen LogP contribution in [0.1, 0.15) is 55.4 Å². The van der Waals surface area contributed by atoms with Crippen molar-refractivity contribution in [2.45, 2.75) is 65.5 Å². The Morgan fingerprint density at radius 2 is 1.75 bits per heavy atom. The van der Waals surface area contributed by atoms with Crippen molar-refractivity contribution in [1.29, 1.82) is 0 Å². The molecule has 6 nitrogen and oxygen atoms in total. The van der Waals surface area contributed by atoms with Crippen LogP contribution in [-0.4, -0.2) is 35.2 Å². The minimum Gasteiger partial charge on any atom is -0.458 e. The van der Waals surface area contributed by atoms with E-state index in [1.165, 1.54) is 26.1 Å². The number of halogens is 1. The molecule has 0 radical (unpaired) electrons. The molecule has 0 amide bonds. The normalized spacial score (nSPS) is 23.8. The van der Waals surface area contributed by atoms with E-state index >= 15 is 0 Å². The highest BCUT2D eigenvalue weighted by Gasteiger charge is 2.47. The summed E-state index contributed by atoms with van der Waals surface area (Å²) in [4.78, 5) is 29.7. The van der Waals surface area contributed by atoms with Crippen molar-refractivity contribution < 1.29 is 28.2 Å². The van der Waals surface area contributed by atoms with E-state index in [1.54, 1.807) is 17.4 Å². The first-order valence-corrected chi connectivity index (χ1v) is 12.7. The van der Waals surface area contributed by atoms with Crippen LogP contribution in [0.5, 0.6) is 0 Å². The Kier molecular flexibility index (Phi) is 7.85. The molecule has 0 bridgehead atoms. The summed E-state index contributed by atoms with van der Waals surface area (Å²) in [5.41, 5.74) is 3.96. The predicted molar refractivity (Wildman–Crippen MR) is 135 cm³/mol. The van der Waals surface area contributed by atoms with Crippen molar-refractivity contribution in [2.75, 3.05) is 0 Å². The maximum atomic E-state index is 13.2. The summed E-state index contributed by atoms with van der Waals surface area (Å²) in [7, 11) is 0. The number of pyridine rings is 1. The fourth-order valence-electron chi connectivity index (χ4n) is 4.52. The molecule has 1 unspecified atom stereocenters. The van der Waals surface area contributed by atoms with Gasteiger partial charge < -0.3 is 14.2 Å². The van der Waals surface area contributed by atoms with Gasteiger partial charge in [-0.1, -0.05) is 25.1 Å². The summed E-state index contributed by atoms with van der Waals surface area (Å²) in [6.45, 7) is 8.61. The average Bonchev–Trinajstić information content (AvgIpc) is 3.28. The lowest BCUT2D eigenvalue weighted by Crippen LogP contribution is -2.52. The molecule has 36 heavy (non-hydrogen) atoms. The lowest BCUT2D eigenvalue weighted by Gasteiger charge is -2.43. The van der Waals surface area contributed by atoms with Crippen LogP contribution in [0.2, 0.25) is 0 Å². The fourth-order valence-corrected chi connectivity index (χ4v) is 5.54. The third-order valence-corrected chi connectivity index (χ3v) is 7.72. The Morgan fingerprint density at radius 3 is 2.42 bits per heavy atom. The number of hydrogen-bond acceptors (Lipinski definition) is 7. The molecule has 1 saturated heterocycles. The third-order valence-electron chi connectivity index (χ3n) is 6.59. The Balaban J connectivity index is 1.62. The molecule has 4 rings (SSSR count). The first kappa shape index (κ1) is 26.0. The first-order valence-electron chi connectivity index (χ1n) is 11.9. The number of hydrogen-bond donors (Lipinski definition) is 0. The molecule has 190 valence electrons. The molecule has 0 N–H and O–H groups in total. The summed E-state index contributed by atoms with van der Waals surface area (Å²) in [6, 6.07) is 13.2. The van der Waals surface area contributed by atoms with Gasteiger partial charge in [0.25, 0.3) is 0 Å². The number of ether oxygens (including phenoxy) is 3. The van der Waals surface area contributed by atoms with E-state index in [4.69, 9.17) is 14.2 Å². The summed E-state index contributed by atoms with van der Waals surface area (Å²) in [6.07, 6.45) is 0.0757. The highest BCUT2D eigenvalue weighted by molar-refractivity contribution is 7.15. The number of carbonyl (C=O) groups is 2. The number of rotatable bonds is 6. The van der Waals surface area contributed by atoms with Gasteiger partial charge in [-0.25, -0.2) is 4.98 Å². The number of aryl methyl sites for hydroxylation is 1. The van der Waals surface area contributed by atoms with Gasteiger partial charge in [-0.05, 0) is 54.8 Å². The quantitative estimate of drug-likeness (QED) is 0.307. The van der Waals surface area contributed by atoms with Gasteiger partial charge in [0.15, 0.2) is 6.10 Å². The SMILES string of the molecule is CC(=O)O[C@H]1[C@H](C)[C@@H](C)OC(c2ccc(C)c(Cc3ccc(-c4ccc(F)nc4)s3)c2)[C@@H]1OC(C)=O. The Bertz CT molecular complexity index is 1240. The minimum absolute atomic E-state index is 0.148. The standard InChI is InChI=1S/C28H30FNO5S/c1-15-6-7-20(27-28(35-19(5)32)26(34-18(4)31)16(2)17(3)33-27)12-22(15)13-23-9-10-24(36-23)21-8-11-25(29)30-14-21/h6-12,14,16-17,26-28H,13H2,1-5H3/t16-,17-,26+,27?,28-/m1/s1. The van der Waals surface area contributed by atoms with Gasteiger partial charge in [0.05, 0.1) is 6.10 Å². The largest absolute Gasteiger partial charge is 0.458 e. The summed E-state index contributed by atoms with van der Waals surface area (Å²) >= 11 is 1.63. The summed E-state index contributed by atoms with van der Waals surface area (Å²) in [5.74, 6) is -1.53. The molecule has 8 heteroatoms. The van der Waals surface area contributed by atoms with Crippen molar-refractivity contribution in [3.05, 3.63) is 76.2 Å². The number of thiophene rings is 1. The summed E-state index contributed by atoms with van der Waals surface area (Å²) in [5, 5.41) is 0. The van der Waals surface area contributed by atoms with Crippen molar-refractivity contribution in [2.24, 2.45) is 5.92 Å². The molecule has 0 aliphatic carbocycles. The highest BCUT2D eigenvalue weighted by atomic mass is 32.1. The van der Waals surface area contributed by atoms with Crippen LogP contribution in [0.15, 0.2) is 48.7 Å². The van der Waals surface area contributed by atoms with Crippen LogP contribution in [0.3, 0.4) is 0 Å². The zero-order chi connectivity index (χ0) is 26.0. The Morgan fingerprint density at radius 1 is 1.03 bits per heavy atom. The van der Waals surface area contributed by atoms with E-state index in [-0.39, 0.29) is 12.0 Å². The van der Waals surface area contributed by atoms with Gasteiger partial charge in [0.1, 0.15) is 12.2 Å². The van der Waals surface area contributed by atoms with Crippen LogP contribution < -0.4 is 0 Å². The Labute approximate surface area is 214 Å².